The van der Waals surface area contributed by atoms with E-state index in [1.165, 1.54) is 0 Å². The molecule has 0 saturated carbocycles. The van der Waals surface area contributed by atoms with Gasteiger partial charge in [0.05, 0.1) is 11.9 Å². The third-order valence-electron chi connectivity index (χ3n) is 2.93. The Balaban J connectivity index is 1.78. The Morgan fingerprint density at radius 2 is 2.05 bits per heavy atom. The van der Waals surface area contributed by atoms with Crippen molar-refractivity contribution in [3.63, 3.8) is 0 Å². The quantitative estimate of drug-likeness (QED) is 0.817. The minimum absolute atomic E-state index is 0.188. The average molecular weight is 281 g/mol. The van der Waals surface area contributed by atoms with Gasteiger partial charge in [0, 0.05) is 12.2 Å². The number of H-pyrrole nitrogens is 1. The number of benzene rings is 1. The highest BCUT2D eigenvalue weighted by Gasteiger charge is 2.06. The Morgan fingerprint density at radius 1 is 1.30 bits per heavy atom. The number of hydrogen-bond acceptors (Lipinski definition) is 3. The van der Waals surface area contributed by atoms with Crippen LogP contribution in [-0.2, 0) is 6.42 Å². The third-order valence-corrected chi connectivity index (χ3v) is 2.93. The van der Waals surface area contributed by atoms with E-state index < -0.39 is 6.61 Å². The zero-order valence-corrected chi connectivity index (χ0v) is 11.1. The maximum absolute atomic E-state index is 12.0. The molecule has 1 aromatic carbocycles. The number of aryl methyl sites for hydroxylation is 1. The molecule has 0 amide bonds. The number of ether oxygens (including phenoxy) is 1. The second-order valence-corrected chi connectivity index (χ2v) is 4.59. The van der Waals surface area contributed by atoms with Gasteiger partial charge < -0.3 is 10.1 Å². The maximum atomic E-state index is 12.0. The fraction of sp³-hybridized carbons (Fsp3) is 0.357. The van der Waals surface area contributed by atoms with Crippen LogP contribution in [0.2, 0.25) is 0 Å². The number of hydrogen-bond donors (Lipinski definition) is 2. The number of anilines is 1. The second kappa shape index (κ2) is 6.88. The molecule has 6 heteroatoms. The lowest BCUT2D eigenvalue weighted by molar-refractivity contribution is -0.0498. The number of aromatic nitrogens is 2. The van der Waals surface area contributed by atoms with Crippen molar-refractivity contribution in [3.8, 4) is 5.75 Å². The molecule has 0 saturated heterocycles. The number of halogens is 2. The van der Waals surface area contributed by atoms with E-state index in [0.717, 1.165) is 24.1 Å². The Morgan fingerprint density at radius 3 is 2.65 bits per heavy atom. The van der Waals surface area contributed by atoms with Gasteiger partial charge in [0.15, 0.2) is 0 Å². The summed E-state index contributed by atoms with van der Waals surface area (Å²) < 4.78 is 28.3. The van der Waals surface area contributed by atoms with E-state index >= 15 is 0 Å². The topological polar surface area (TPSA) is 49.9 Å². The molecule has 1 aromatic heterocycles. The van der Waals surface area contributed by atoms with Crippen molar-refractivity contribution in [2.45, 2.75) is 32.4 Å². The SMILES string of the molecule is CC(CCc1ccc(OC(F)F)cc1)Nc1cn[nH]c1. The van der Waals surface area contributed by atoms with Crippen LogP contribution in [0.3, 0.4) is 0 Å². The predicted molar refractivity (Wildman–Crippen MR) is 73.1 cm³/mol. The standard InChI is InChI=1S/C14H17F2N3O/c1-10(19-12-8-17-18-9-12)2-3-11-4-6-13(7-5-11)20-14(15)16/h4-10,14,19H,2-3H2,1H3,(H,17,18). The highest BCUT2D eigenvalue weighted by Crippen LogP contribution is 2.16. The monoisotopic (exact) mass is 281 g/mol. The Hall–Kier alpha value is -2.11. The first kappa shape index (κ1) is 14.3. The van der Waals surface area contributed by atoms with Gasteiger partial charge in [-0.15, -0.1) is 0 Å². The molecule has 2 N–H and O–H groups in total. The molecule has 1 atom stereocenters. The molecule has 0 fully saturated rings. The van der Waals surface area contributed by atoms with Gasteiger partial charge in [-0.1, -0.05) is 12.1 Å². The van der Waals surface area contributed by atoms with Crippen LogP contribution in [-0.4, -0.2) is 22.9 Å². The summed E-state index contributed by atoms with van der Waals surface area (Å²) in [4.78, 5) is 0. The van der Waals surface area contributed by atoms with E-state index in [4.69, 9.17) is 0 Å². The van der Waals surface area contributed by atoms with Crippen molar-refractivity contribution in [1.82, 2.24) is 10.2 Å². The number of nitrogens with one attached hydrogen (secondary N) is 2. The van der Waals surface area contributed by atoms with Gasteiger partial charge in [-0.3, -0.25) is 5.10 Å². The number of nitrogens with zero attached hydrogens (tertiary/aromatic N) is 1. The molecule has 1 unspecified atom stereocenters. The van der Waals surface area contributed by atoms with Crippen molar-refractivity contribution in [2.75, 3.05) is 5.32 Å². The lowest BCUT2D eigenvalue weighted by Gasteiger charge is -2.13. The minimum Gasteiger partial charge on any atom is -0.435 e. The predicted octanol–water partition coefficient (Wildman–Crippen LogP) is 3.44. The van der Waals surface area contributed by atoms with Gasteiger partial charge in [0.2, 0.25) is 0 Å². The second-order valence-electron chi connectivity index (χ2n) is 4.59. The summed E-state index contributed by atoms with van der Waals surface area (Å²) in [6, 6.07) is 7.04. The average Bonchev–Trinajstić information content (AvgIpc) is 2.90. The molecule has 0 spiro atoms. The lowest BCUT2D eigenvalue weighted by atomic mass is 10.1. The van der Waals surface area contributed by atoms with Crippen molar-refractivity contribution in [3.05, 3.63) is 42.2 Å². The third kappa shape index (κ3) is 4.53. The smallest absolute Gasteiger partial charge is 0.387 e. The van der Waals surface area contributed by atoms with E-state index in [1.807, 2.05) is 12.1 Å². The molecule has 1 heterocycles. The van der Waals surface area contributed by atoms with Gasteiger partial charge in [0.25, 0.3) is 0 Å². The van der Waals surface area contributed by atoms with Crippen molar-refractivity contribution >= 4 is 5.69 Å². The van der Waals surface area contributed by atoms with Crippen LogP contribution in [0.25, 0.3) is 0 Å². The minimum atomic E-state index is -2.78. The summed E-state index contributed by atoms with van der Waals surface area (Å²) in [7, 11) is 0. The molecular formula is C14H17F2N3O. The molecule has 0 bridgehead atoms. The zero-order valence-electron chi connectivity index (χ0n) is 11.1. The summed E-state index contributed by atoms with van der Waals surface area (Å²) >= 11 is 0. The fourth-order valence-corrected chi connectivity index (χ4v) is 1.91. The normalized spacial score (nSPS) is 12.4. The highest BCUT2D eigenvalue weighted by molar-refractivity contribution is 5.38. The first-order chi connectivity index (χ1) is 9.63. The van der Waals surface area contributed by atoms with Crippen LogP contribution in [0, 0.1) is 0 Å². The zero-order chi connectivity index (χ0) is 14.4. The lowest BCUT2D eigenvalue weighted by Crippen LogP contribution is -2.15. The first-order valence-electron chi connectivity index (χ1n) is 6.42. The summed E-state index contributed by atoms with van der Waals surface area (Å²) in [5, 5.41) is 9.92. The molecule has 0 radical (unpaired) electrons. The van der Waals surface area contributed by atoms with E-state index in [1.54, 1.807) is 24.5 Å². The van der Waals surface area contributed by atoms with Crippen LogP contribution in [0.1, 0.15) is 18.9 Å². The van der Waals surface area contributed by atoms with E-state index in [9.17, 15) is 8.78 Å². The van der Waals surface area contributed by atoms with E-state index in [-0.39, 0.29) is 5.75 Å². The van der Waals surface area contributed by atoms with Gasteiger partial charge in [-0.2, -0.15) is 13.9 Å². The summed E-state index contributed by atoms with van der Waals surface area (Å²) in [6.07, 6.45) is 5.32. The molecule has 0 aliphatic carbocycles. The Kier molecular flexibility index (Phi) is 4.92. The van der Waals surface area contributed by atoms with Crippen LogP contribution < -0.4 is 10.1 Å². The van der Waals surface area contributed by atoms with Crippen molar-refractivity contribution < 1.29 is 13.5 Å². The van der Waals surface area contributed by atoms with Crippen molar-refractivity contribution in [1.29, 1.82) is 0 Å². The van der Waals surface area contributed by atoms with Crippen LogP contribution in [0.4, 0.5) is 14.5 Å². The van der Waals surface area contributed by atoms with Gasteiger partial charge >= 0.3 is 6.61 Å². The van der Waals surface area contributed by atoms with Gasteiger partial charge in [-0.05, 0) is 37.5 Å². The highest BCUT2D eigenvalue weighted by atomic mass is 19.3. The summed E-state index contributed by atoms with van der Waals surface area (Å²) in [5.74, 6) is 0.188. The number of alkyl halides is 2. The Labute approximate surface area is 116 Å². The van der Waals surface area contributed by atoms with Crippen LogP contribution in [0.15, 0.2) is 36.7 Å². The summed E-state index contributed by atoms with van der Waals surface area (Å²) in [5.41, 5.74) is 2.05. The molecule has 20 heavy (non-hydrogen) atoms. The fourth-order valence-electron chi connectivity index (χ4n) is 1.91. The first-order valence-corrected chi connectivity index (χ1v) is 6.42. The van der Waals surface area contributed by atoms with Crippen molar-refractivity contribution in [2.24, 2.45) is 0 Å². The molecule has 0 aliphatic rings. The molecule has 0 aliphatic heterocycles. The largest absolute Gasteiger partial charge is 0.435 e. The molecule has 2 aromatic rings. The number of aromatic amines is 1. The molecule has 4 nitrogen and oxygen atoms in total. The molecule has 108 valence electrons. The van der Waals surface area contributed by atoms with Gasteiger partial charge in [0.1, 0.15) is 5.75 Å². The van der Waals surface area contributed by atoms with E-state index in [0.29, 0.717) is 6.04 Å². The number of rotatable bonds is 7. The van der Waals surface area contributed by atoms with Crippen LogP contribution >= 0.6 is 0 Å². The summed E-state index contributed by atoms with van der Waals surface area (Å²) in [6.45, 7) is -0.693. The maximum Gasteiger partial charge on any atom is 0.387 e. The van der Waals surface area contributed by atoms with Crippen LogP contribution in [0.5, 0.6) is 5.75 Å². The Bertz CT molecular complexity index is 500. The van der Waals surface area contributed by atoms with Gasteiger partial charge in [-0.25, -0.2) is 0 Å². The molecule has 2 rings (SSSR count). The molecular weight excluding hydrogens is 264 g/mol. The van der Waals surface area contributed by atoms with E-state index in [2.05, 4.69) is 27.2 Å².